The van der Waals surface area contributed by atoms with Crippen LogP contribution in [-0.2, 0) is 10.0 Å². The van der Waals surface area contributed by atoms with Crippen molar-refractivity contribution >= 4 is 27.0 Å². The molecule has 3 aromatic rings. The van der Waals surface area contributed by atoms with Crippen LogP contribution in [0.1, 0.15) is 16.4 Å². The Morgan fingerprint density at radius 3 is 2.38 bits per heavy atom. The van der Waals surface area contributed by atoms with Gasteiger partial charge in [-0.25, -0.2) is 16.8 Å². The van der Waals surface area contributed by atoms with Crippen molar-refractivity contribution < 1.29 is 12.8 Å². The van der Waals surface area contributed by atoms with E-state index in [2.05, 4.69) is 13.2 Å². The smallest absolute Gasteiger partial charge is 0.244 e. The molecule has 5 heteroatoms. The highest BCUT2D eigenvalue weighted by molar-refractivity contribution is 7.90. The molecule has 0 aliphatic rings. The van der Waals surface area contributed by atoms with E-state index >= 15 is 0 Å². The number of rotatable bonds is 5. The summed E-state index contributed by atoms with van der Waals surface area (Å²) in [5, 5.41) is -0.168. The predicted octanol–water partition coefficient (Wildman–Crippen LogP) is 4.53. The summed E-state index contributed by atoms with van der Waals surface area (Å²) in [6.45, 7) is 7.40. The second kappa shape index (κ2) is 6.09. The van der Waals surface area contributed by atoms with Gasteiger partial charge in [-0.15, -0.1) is 6.58 Å². The average molecular weight is 341 g/mol. The minimum absolute atomic E-state index is 0.416. The summed E-state index contributed by atoms with van der Waals surface area (Å²) in [7, 11) is -3.78. The molecule has 0 spiro atoms. The zero-order chi connectivity index (χ0) is 17.3. The third-order valence-corrected chi connectivity index (χ3v) is 5.93. The highest BCUT2D eigenvalue weighted by Crippen LogP contribution is 2.30. The molecule has 3 rings (SSSR count). The maximum absolute atomic E-state index is 13.1. The van der Waals surface area contributed by atoms with E-state index in [4.69, 9.17) is 0 Å². The Morgan fingerprint density at radius 2 is 1.75 bits per heavy atom. The van der Waals surface area contributed by atoms with E-state index in [1.54, 1.807) is 24.3 Å². The van der Waals surface area contributed by atoms with E-state index in [-0.39, 0.29) is 0 Å². The fourth-order valence-electron chi connectivity index (χ4n) is 2.77. The van der Waals surface area contributed by atoms with E-state index in [1.165, 1.54) is 40.5 Å². The van der Waals surface area contributed by atoms with Gasteiger partial charge in [-0.05, 0) is 35.4 Å². The molecule has 3 nitrogen and oxygen atoms in total. The molecule has 122 valence electrons. The third-order valence-electron chi connectivity index (χ3n) is 3.96. The number of nitrogens with zero attached hydrogens (tertiary/aromatic N) is 1. The second-order valence-electron chi connectivity index (χ2n) is 5.35. The van der Waals surface area contributed by atoms with Crippen LogP contribution in [0.5, 0.6) is 0 Å². The molecule has 0 aliphatic heterocycles. The largest absolute Gasteiger partial charge is 0.249 e. The standard InChI is InChI=1S/C19H16FNO2S/c1-3-14-6-5-7-18-17(14)12-13-21(18)24(22,23)19(4-2)15-8-10-16(20)11-9-15/h3-13,19H,1-2H2. The van der Waals surface area contributed by atoms with Gasteiger partial charge in [0.05, 0.1) is 5.52 Å². The quantitative estimate of drug-likeness (QED) is 0.640. The Bertz CT molecular complexity index is 1020. The van der Waals surface area contributed by atoms with Gasteiger partial charge in [-0.2, -0.15) is 0 Å². The van der Waals surface area contributed by atoms with Gasteiger partial charge < -0.3 is 0 Å². The van der Waals surface area contributed by atoms with Crippen LogP contribution in [-0.4, -0.2) is 12.4 Å². The molecule has 0 N–H and O–H groups in total. The molecule has 2 aromatic carbocycles. The first-order valence-electron chi connectivity index (χ1n) is 7.34. The minimum Gasteiger partial charge on any atom is -0.244 e. The van der Waals surface area contributed by atoms with E-state index in [0.717, 1.165) is 10.9 Å². The van der Waals surface area contributed by atoms with Gasteiger partial charge in [0.1, 0.15) is 11.1 Å². The van der Waals surface area contributed by atoms with Gasteiger partial charge in [0.2, 0.25) is 10.0 Å². The van der Waals surface area contributed by atoms with Crippen molar-refractivity contribution in [3.05, 3.63) is 90.9 Å². The maximum atomic E-state index is 13.1. The van der Waals surface area contributed by atoms with Crippen LogP contribution < -0.4 is 0 Å². The lowest BCUT2D eigenvalue weighted by atomic mass is 10.1. The van der Waals surface area contributed by atoms with Crippen molar-refractivity contribution in [3.8, 4) is 0 Å². The van der Waals surface area contributed by atoms with Crippen molar-refractivity contribution in [1.82, 2.24) is 3.97 Å². The Hall–Kier alpha value is -2.66. The molecule has 1 aromatic heterocycles. The normalized spacial score (nSPS) is 12.9. The number of fused-ring (bicyclic) bond motifs is 1. The second-order valence-corrected chi connectivity index (χ2v) is 7.28. The van der Waals surface area contributed by atoms with E-state index in [1.807, 2.05) is 6.07 Å². The lowest BCUT2D eigenvalue weighted by Gasteiger charge is -2.16. The van der Waals surface area contributed by atoms with Crippen LogP contribution in [0, 0.1) is 5.82 Å². The molecule has 24 heavy (non-hydrogen) atoms. The average Bonchev–Trinajstić information content (AvgIpc) is 3.02. The monoisotopic (exact) mass is 341 g/mol. The number of benzene rings is 2. The van der Waals surface area contributed by atoms with E-state index < -0.39 is 21.1 Å². The molecule has 0 saturated heterocycles. The molecule has 0 aliphatic carbocycles. The highest BCUT2D eigenvalue weighted by atomic mass is 32.2. The topological polar surface area (TPSA) is 39.1 Å². The van der Waals surface area contributed by atoms with Gasteiger partial charge >= 0.3 is 0 Å². The van der Waals surface area contributed by atoms with Crippen LogP contribution in [0.4, 0.5) is 4.39 Å². The summed E-state index contributed by atoms with van der Waals surface area (Å²) >= 11 is 0. The molecule has 0 bridgehead atoms. The summed E-state index contributed by atoms with van der Waals surface area (Å²) in [5.74, 6) is -0.416. The summed E-state index contributed by atoms with van der Waals surface area (Å²) in [6, 6.07) is 12.5. The van der Waals surface area contributed by atoms with Crippen LogP contribution in [0.15, 0.2) is 74.0 Å². The Balaban J connectivity index is 2.18. The Labute approximate surface area is 140 Å². The van der Waals surface area contributed by atoms with Crippen LogP contribution in [0.3, 0.4) is 0 Å². The fourth-order valence-corrected chi connectivity index (χ4v) is 4.42. The van der Waals surface area contributed by atoms with Gasteiger partial charge in [0.25, 0.3) is 0 Å². The van der Waals surface area contributed by atoms with Crippen molar-refractivity contribution in [2.75, 3.05) is 0 Å². The first-order chi connectivity index (χ1) is 11.5. The summed E-state index contributed by atoms with van der Waals surface area (Å²) in [6.07, 6.45) is 4.56. The first-order valence-corrected chi connectivity index (χ1v) is 8.84. The molecule has 0 radical (unpaired) electrons. The number of hydrogen-bond donors (Lipinski definition) is 0. The van der Waals surface area contributed by atoms with E-state index in [9.17, 15) is 12.8 Å². The maximum Gasteiger partial charge on any atom is 0.249 e. The molecule has 1 unspecified atom stereocenters. The zero-order valence-electron chi connectivity index (χ0n) is 12.9. The molecule has 0 amide bonds. The number of hydrogen-bond acceptors (Lipinski definition) is 2. The minimum atomic E-state index is -3.78. The SMILES string of the molecule is C=Cc1cccc2c1ccn2S(=O)(=O)C(C=C)c1ccc(F)cc1. The first kappa shape index (κ1) is 16.2. The Morgan fingerprint density at radius 1 is 1.04 bits per heavy atom. The summed E-state index contributed by atoms with van der Waals surface area (Å²) in [4.78, 5) is 0. The van der Waals surface area contributed by atoms with Crippen molar-refractivity contribution in [2.24, 2.45) is 0 Å². The van der Waals surface area contributed by atoms with Crippen molar-refractivity contribution in [2.45, 2.75) is 5.25 Å². The van der Waals surface area contributed by atoms with Crippen molar-refractivity contribution in [3.63, 3.8) is 0 Å². The van der Waals surface area contributed by atoms with Gasteiger partial charge in [0, 0.05) is 11.6 Å². The number of halogens is 1. The van der Waals surface area contributed by atoms with Crippen LogP contribution >= 0.6 is 0 Å². The molecule has 0 saturated carbocycles. The van der Waals surface area contributed by atoms with Crippen molar-refractivity contribution in [1.29, 1.82) is 0 Å². The van der Waals surface area contributed by atoms with Gasteiger partial charge in [-0.1, -0.05) is 43.0 Å². The van der Waals surface area contributed by atoms with Crippen LogP contribution in [0.25, 0.3) is 17.0 Å². The number of aromatic nitrogens is 1. The predicted molar refractivity (Wildman–Crippen MR) is 95.7 cm³/mol. The lowest BCUT2D eigenvalue weighted by molar-refractivity contribution is 0.582. The van der Waals surface area contributed by atoms with E-state index in [0.29, 0.717) is 11.1 Å². The summed E-state index contributed by atoms with van der Waals surface area (Å²) in [5.41, 5.74) is 1.90. The lowest BCUT2D eigenvalue weighted by Crippen LogP contribution is -2.19. The molecular formula is C19H16FNO2S. The molecule has 1 atom stereocenters. The third kappa shape index (κ3) is 2.57. The summed E-state index contributed by atoms with van der Waals surface area (Å²) < 4.78 is 40.6. The molecule has 0 fully saturated rings. The van der Waals surface area contributed by atoms with Gasteiger partial charge in [-0.3, -0.25) is 0 Å². The Kier molecular flexibility index (Phi) is 4.11. The van der Waals surface area contributed by atoms with Crippen LogP contribution in [0.2, 0.25) is 0 Å². The van der Waals surface area contributed by atoms with Gasteiger partial charge in [0.15, 0.2) is 0 Å². The molecular weight excluding hydrogens is 325 g/mol. The molecule has 1 heterocycles. The highest BCUT2D eigenvalue weighted by Gasteiger charge is 2.27. The fraction of sp³-hybridized carbons (Fsp3) is 0.0526. The zero-order valence-corrected chi connectivity index (χ0v) is 13.7.